The van der Waals surface area contributed by atoms with Crippen LogP contribution in [0, 0.1) is 6.92 Å². The van der Waals surface area contributed by atoms with E-state index >= 15 is 0 Å². The minimum absolute atomic E-state index is 0.191. The van der Waals surface area contributed by atoms with E-state index in [1.54, 1.807) is 10.7 Å². The second kappa shape index (κ2) is 7.24. The average Bonchev–Trinajstić information content (AvgIpc) is 3.12. The Balaban J connectivity index is 1.68. The Morgan fingerprint density at radius 2 is 1.93 bits per heavy atom. The van der Waals surface area contributed by atoms with Gasteiger partial charge in [0.05, 0.1) is 27.5 Å². The molecule has 0 saturated carbocycles. The van der Waals surface area contributed by atoms with Crippen molar-refractivity contribution in [2.24, 2.45) is 0 Å². The van der Waals surface area contributed by atoms with E-state index in [-0.39, 0.29) is 17.8 Å². The Bertz CT molecular complexity index is 1170. The first kappa shape index (κ1) is 20.1. The summed E-state index contributed by atoms with van der Waals surface area (Å²) >= 11 is 5.92. The van der Waals surface area contributed by atoms with E-state index in [0.717, 1.165) is 23.5 Å². The Kier molecular flexibility index (Phi) is 4.85. The molecule has 10 heteroatoms. The standard InChI is InChI=1S/C20H15ClF3N5O/c1-11-5-3-8-16(25-11)29-15-9-10-28(12(2)18(15)26-27-29)19(30)13-6-4-7-14(17(13)21)20(22,23)24/h3-8H,2,9-10H2,1H3. The first-order valence-corrected chi connectivity index (χ1v) is 9.31. The van der Waals surface area contributed by atoms with Gasteiger partial charge < -0.3 is 4.90 Å². The lowest BCUT2D eigenvalue weighted by atomic mass is 10.0. The number of carbonyl (C=O) groups excluding carboxylic acids is 1. The molecule has 0 radical (unpaired) electrons. The molecule has 2 aromatic heterocycles. The maximum atomic E-state index is 13.1. The largest absolute Gasteiger partial charge is 0.417 e. The first-order valence-electron chi connectivity index (χ1n) is 8.94. The molecule has 0 spiro atoms. The average molecular weight is 434 g/mol. The lowest BCUT2D eigenvalue weighted by Crippen LogP contribution is -2.35. The fraction of sp³-hybridized carbons (Fsp3) is 0.200. The number of halogens is 4. The molecule has 1 amide bonds. The second-order valence-corrected chi connectivity index (χ2v) is 7.13. The third-order valence-corrected chi connectivity index (χ3v) is 5.21. The lowest BCUT2D eigenvalue weighted by Gasteiger charge is -2.29. The molecule has 0 bridgehead atoms. The van der Waals surface area contributed by atoms with Crippen LogP contribution in [0.4, 0.5) is 13.2 Å². The predicted molar refractivity (Wildman–Crippen MR) is 104 cm³/mol. The van der Waals surface area contributed by atoms with Gasteiger partial charge in [0, 0.05) is 18.7 Å². The number of aromatic nitrogens is 4. The number of carbonyl (C=O) groups is 1. The molecule has 4 rings (SSSR count). The number of fused-ring (bicyclic) bond motifs is 1. The molecule has 0 N–H and O–H groups in total. The summed E-state index contributed by atoms with van der Waals surface area (Å²) in [6.45, 7) is 5.96. The molecule has 1 aliphatic heterocycles. The van der Waals surface area contributed by atoms with E-state index in [4.69, 9.17) is 11.6 Å². The maximum absolute atomic E-state index is 13.1. The van der Waals surface area contributed by atoms with Gasteiger partial charge in [0.25, 0.3) is 5.91 Å². The van der Waals surface area contributed by atoms with Gasteiger partial charge in [-0.05, 0) is 31.2 Å². The predicted octanol–water partition coefficient (Wildman–Crippen LogP) is 4.31. The van der Waals surface area contributed by atoms with E-state index in [1.165, 1.54) is 11.0 Å². The molecular formula is C20H15ClF3N5O. The van der Waals surface area contributed by atoms with Crippen LogP contribution >= 0.6 is 11.6 Å². The fourth-order valence-corrected chi connectivity index (χ4v) is 3.66. The summed E-state index contributed by atoms with van der Waals surface area (Å²) in [5.41, 5.74) is 0.855. The maximum Gasteiger partial charge on any atom is 0.417 e. The molecule has 1 aromatic carbocycles. The minimum atomic E-state index is -4.66. The van der Waals surface area contributed by atoms with E-state index in [9.17, 15) is 18.0 Å². The number of hydrogen-bond acceptors (Lipinski definition) is 4. The zero-order chi connectivity index (χ0) is 21.6. The highest BCUT2D eigenvalue weighted by molar-refractivity contribution is 6.34. The van der Waals surface area contributed by atoms with Crippen LogP contribution in [0.25, 0.3) is 11.5 Å². The third-order valence-electron chi connectivity index (χ3n) is 4.80. The molecule has 0 fully saturated rings. The number of amides is 1. The zero-order valence-corrected chi connectivity index (χ0v) is 16.5. The highest BCUT2D eigenvalue weighted by Crippen LogP contribution is 2.37. The lowest BCUT2D eigenvalue weighted by molar-refractivity contribution is -0.137. The molecule has 154 valence electrons. The Morgan fingerprint density at radius 3 is 2.63 bits per heavy atom. The smallest absolute Gasteiger partial charge is 0.306 e. The van der Waals surface area contributed by atoms with Crippen LogP contribution in [0.15, 0.2) is 43.0 Å². The van der Waals surface area contributed by atoms with Crippen LogP contribution in [0.1, 0.15) is 33.0 Å². The van der Waals surface area contributed by atoms with Crippen molar-refractivity contribution < 1.29 is 18.0 Å². The minimum Gasteiger partial charge on any atom is -0.306 e. The van der Waals surface area contributed by atoms with Crippen molar-refractivity contribution in [3.8, 4) is 5.82 Å². The first-order chi connectivity index (χ1) is 14.2. The fourth-order valence-electron chi connectivity index (χ4n) is 3.35. The molecule has 0 atom stereocenters. The van der Waals surface area contributed by atoms with Crippen molar-refractivity contribution in [1.82, 2.24) is 24.9 Å². The van der Waals surface area contributed by atoms with Crippen LogP contribution in [0.3, 0.4) is 0 Å². The van der Waals surface area contributed by atoms with Gasteiger partial charge in [-0.15, -0.1) is 5.10 Å². The van der Waals surface area contributed by atoms with Crippen molar-refractivity contribution in [3.05, 3.63) is 76.2 Å². The summed E-state index contributed by atoms with van der Waals surface area (Å²) in [4.78, 5) is 18.7. The van der Waals surface area contributed by atoms with Crippen molar-refractivity contribution in [2.45, 2.75) is 19.5 Å². The summed E-state index contributed by atoms with van der Waals surface area (Å²) in [6, 6.07) is 8.73. The summed E-state index contributed by atoms with van der Waals surface area (Å²) in [6.07, 6.45) is -4.29. The normalized spacial score (nSPS) is 14.0. The molecule has 6 nitrogen and oxygen atoms in total. The zero-order valence-electron chi connectivity index (χ0n) is 15.7. The summed E-state index contributed by atoms with van der Waals surface area (Å²) in [5.74, 6) is -0.0952. The van der Waals surface area contributed by atoms with Crippen molar-refractivity contribution in [1.29, 1.82) is 0 Å². The van der Waals surface area contributed by atoms with E-state index < -0.39 is 22.7 Å². The van der Waals surface area contributed by atoms with E-state index in [1.807, 2.05) is 19.1 Å². The highest BCUT2D eigenvalue weighted by Gasteiger charge is 2.36. The topological polar surface area (TPSA) is 63.9 Å². The monoisotopic (exact) mass is 433 g/mol. The van der Waals surface area contributed by atoms with Gasteiger partial charge in [-0.2, -0.15) is 17.9 Å². The molecule has 0 aliphatic carbocycles. The Labute approximate surface area is 174 Å². The summed E-state index contributed by atoms with van der Waals surface area (Å²) in [7, 11) is 0. The van der Waals surface area contributed by atoms with Gasteiger partial charge >= 0.3 is 6.18 Å². The van der Waals surface area contributed by atoms with Crippen LogP contribution in [0.5, 0.6) is 0 Å². The van der Waals surface area contributed by atoms with Gasteiger partial charge in [-0.1, -0.05) is 35.5 Å². The van der Waals surface area contributed by atoms with E-state index in [0.29, 0.717) is 17.9 Å². The number of aryl methyl sites for hydroxylation is 1. The van der Waals surface area contributed by atoms with Crippen LogP contribution in [-0.2, 0) is 12.6 Å². The van der Waals surface area contributed by atoms with Crippen molar-refractivity contribution >= 4 is 23.2 Å². The number of alkyl halides is 3. The van der Waals surface area contributed by atoms with Gasteiger partial charge in [-0.3, -0.25) is 4.79 Å². The summed E-state index contributed by atoms with van der Waals surface area (Å²) in [5, 5.41) is 7.60. The Morgan fingerprint density at radius 1 is 1.20 bits per heavy atom. The molecule has 3 aromatic rings. The van der Waals surface area contributed by atoms with Gasteiger partial charge in [0.2, 0.25) is 0 Å². The number of rotatable bonds is 2. The van der Waals surface area contributed by atoms with Gasteiger partial charge in [-0.25, -0.2) is 4.98 Å². The summed E-state index contributed by atoms with van der Waals surface area (Å²) < 4.78 is 41.0. The van der Waals surface area contributed by atoms with Gasteiger partial charge in [0.15, 0.2) is 5.82 Å². The molecule has 0 saturated heterocycles. The SMILES string of the molecule is C=C1c2nnn(-c3cccc(C)n3)c2CCN1C(=O)c1cccc(C(F)(F)F)c1Cl. The van der Waals surface area contributed by atoms with E-state index in [2.05, 4.69) is 21.9 Å². The van der Waals surface area contributed by atoms with Crippen molar-refractivity contribution in [2.75, 3.05) is 6.54 Å². The number of benzene rings is 1. The molecular weight excluding hydrogens is 419 g/mol. The molecule has 3 heterocycles. The molecule has 1 aliphatic rings. The quantitative estimate of drug-likeness (QED) is 0.604. The highest BCUT2D eigenvalue weighted by atomic mass is 35.5. The Hall–Kier alpha value is -3.20. The number of hydrogen-bond donors (Lipinski definition) is 0. The second-order valence-electron chi connectivity index (χ2n) is 6.75. The number of nitrogens with zero attached hydrogens (tertiary/aromatic N) is 5. The van der Waals surface area contributed by atoms with Gasteiger partial charge in [0.1, 0.15) is 5.69 Å². The molecule has 30 heavy (non-hydrogen) atoms. The number of pyridine rings is 1. The van der Waals surface area contributed by atoms with Crippen LogP contribution in [-0.4, -0.2) is 37.3 Å². The molecule has 0 unspecified atom stereocenters. The van der Waals surface area contributed by atoms with Crippen LogP contribution < -0.4 is 0 Å². The van der Waals surface area contributed by atoms with Crippen molar-refractivity contribution in [3.63, 3.8) is 0 Å². The van der Waals surface area contributed by atoms with Crippen LogP contribution in [0.2, 0.25) is 5.02 Å². The third kappa shape index (κ3) is 3.35.